The van der Waals surface area contributed by atoms with Crippen molar-refractivity contribution in [1.82, 2.24) is 0 Å². The van der Waals surface area contributed by atoms with Crippen molar-refractivity contribution in [1.29, 1.82) is 0 Å². The largest absolute Gasteiger partial charge is 0.427 e. The Kier molecular flexibility index (Phi) is 5.00. The third-order valence-corrected chi connectivity index (χ3v) is 3.75. The summed E-state index contributed by atoms with van der Waals surface area (Å²) in [5, 5.41) is 11.0. The molecule has 0 atom stereocenters. The number of rotatable bonds is 4. The molecular formula is C18H11ClN2O6. The lowest BCUT2D eigenvalue weighted by molar-refractivity contribution is -0.384. The van der Waals surface area contributed by atoms with Crippen LogP contribution in [-0.2, 0) is 14.3 Å². The number of benzene rings is 2. The Morgan fingerprint density at radius 2 is 2.07 bits per heavy atom. The second-order valence-corrected chi connectivity index (χ2v) is 5.83. The molecule has 8 nitrogen and oxygen atoms in total. The maximum absolute atomic E-state index is 12.1. The number of carbonyl (C=O) groups is 2. The van der Waals surface area contributed by atoms with E-state index in [0.29, 0.717) is 11.3 Å². The summed E-state index contributed by atoms with van der Waals surface area (Å²) in [6.45, 7) is 1.28. The first-order valence-corrected chi connectivity index (χ1v) is 7.96. The molecular weight excluding hydrogens is 376 g/mol. The molecule has 3 rings (SSSR count). The predicted octanol–water partition coefficient (Wildman–Crippen LogP) is 3.52. The van der Waals surface area contributed by atoms with Crippen LogP contribution in [0, 0.1) is 10.1 Å². The van der Waals surface area contributed by atoms with E-state index in [1.54, 1.807) is 24.3 Å². The molecule has 1 aliphatic rings. The van der Waals surface area contributed by atoms with Crippen molar-refractivity contribution >= 4 is 41.2 Å². The molecule has 0 aliphatic carbocycles. The van der Waals surface area contributed by atoms with Crippen LogP contribution in [-0.4, -0.2) is 22.8 Å². The van der Waals surface area contributed by atoms with Crippen LogP contribution < -0.4 is 4.74 Å². The van der Waals surface area contributed by atoms with Crippen LogP contribution in [0.3, 0.4) is 0 Å². The van der Waals surface area contributed by atoms with E-state index < -0.39 is 16.9 Å². The molecule has 2 aromatic carbocycles. The normalized spacial score (nSPS) is 14.7. The van der Waals surface area contributed by atoms with Crippen LogP contribution in [0.25, 0.3) is 6.08 Å². The second-order valence-electron chi connectivity index (χ2n) is 5.43. The maximum atomic E-state index is 12.1. The van der Waals surface area contributed by atoms with Gasteiger partial charge >= 0.3 is 11.9 Å². The number of cyclic esters (lactones) is 1. The van der Waals surface area contributed by atoms with Gasteiger partial charge in [0.2, 0.25) is 5.90 Å². The lowest BCUT2D eigenvalue weighted by Crippen LogP contribution is -2.06. The lowest BCUT2D eigenvalue weighted by atomic mass is 10.2. The highest BCUT2D eigenvalue weighted by molar-refractivity contribution is 6.32. The van der Waals surface area contributed by atoms with E-state index in [-0.39, 0.29) is 27.9 Å². The second kappa shape index (κ2) is 7.38. The first-order valence-electron chi connectivity index (χ1n) is 7.59. The average Bonchev–Trinajstić information content (AvgIpc) is 2.95. The van der Waals surface area contributed by atoms with Gasteiger partial charge in [0.25, 0.3) is 5.69 Å². The maximum Gasteiger partial charge on any atom is 0.363 e. The van der Waals surface area contributed by atoms with E-state index in [0.717, 1.165) is 0 Å². The molecule has 0 N–H and O–H groups in total. The zero-order chi connectivity index (χ0) is 19.6. The highest BCUT2D eigenvalue weighted by atomic mass is 35.5. The summed E-state index contributed by atoms with van der Waals surface area (Å²) in [5.41, 5.74) is 0.492. The van der Waals surface area contributed by atoms with Crippen molar-refractivity contribution in [3.63, 3.8) is 0 Å². The number of hydrogen-bond donors (Lipinski definition) is 0. The van der Waals surface area contributed by atoms with Gasteiger partial charge in [-0.15, -0.1) is 0 Å². The number of aliphatic imine (C=N–C) groups is 1. The molecule has 136 valence electrons. The Labute approximate surface area is 157 Å². The molecule has 1 heterocycles. The topological polar surface area (TPSA) is 108 Å². The van der Waals surface area contributed by atoms with Crippen LogP contribution in [0.4, 0.5) is 5.69 Å². The Hall–Kier alpha value is -3.52. The van der Waals surface area contributed by atoms with Crippen LogP contribution in [0.2, 0.25) is 5.02 Å². The number of carbonyl (C=O) groups excluding carboxylic acids is 2. The molecule has 0 radical (unpaired) electrons. The van der Waals surface area contributed by atoms with Gasteiger partial charge in [0.1, 0.15) is 10.8 Å². The van der Waals surface area contributed by atoms with Gasteiger partial charge in [-0.1, -0.05) is 23.7 Å². The number of nitro benzene ring substituents is 1. The number of nitrogens with zero attached hydrogens (tertiary/aromatic N) is 2. The van der Waals surface area contributed by atoms with Gasteiger partial charge in [0.15, 0.2) is 5.70 Å². The molecule has 0 bridgehead atoms. The van der Waals surface area contributed by atoms with E-state index in [2.05, 4.69) is 4.99 Å². The summed E-state index contributed by atoms with van der Waals surface area (Å²) in [7, 11) is 0. The predicted molar refractivity (Wildman–Crippen MR) is 96.5 cm³/mol. The van der Waals surface area contributed by atoms with Crippen molar-refractivity contribution in [3.8, 4) is 5.75 Å². The van der Waals surface area contributed by atoms with Crippen LogP contribution >= 0.6 is 11.6 Å². The van der Waals surface area contributed by atoms with E-state index in [1.807, 2.05) is 0 Å². The Balaban J connectivity index is 1.93. The number of ether oxygens (including phenoxy) is 2. The molecule has 0 unspecified atom stereocenters. The van der Waals surface area contributed by atoms with Gasteiger partial charge in [-0.2, -0.15) is 0 Å². The Morgan fingerprint density at radius 3 is 2.78 bits per heavy atom. The SMILES string of the molecule is CC(=O)Oc1cccc(/C=C2\N=C(c3ccc(Cl)c([N+](=O)[O-])c3)OC2=O)c1. The summed E-state index contributed by atoms with van der Waals surface area (Å²) >= 11 is 5.78. The van der Waals surface area contributed by atoms with Crippen LogP contribution in [0.5, 0.6) is 5.75 Å². The van der Waals surface area contributed by atoms with Crippen molar-refractivity contribution in [2.24, 2.45) is 4.99 Å². The summed E-state index contributed by atoms with van der Waals surface area (Å²) in [5.74, 6) is -0.923. The summed E-state index contributed by atoms with van der Waals surface area (Å²) in [6.07, 6.45) is 1.45. The van der Waals surface area contributed by atoms with Gasteiger partial charge in [-0.05, 0) is 35.9 Å². The number of halogens is 1. The molecule has 0 saturated heterocycles. The molecule has 0 spiro atoms. The minimum absolute atomic E-state index is 0.00239. The van der Waals surface area contributed by atoms with Crippen molar-refractivity contribution < 1.29 is 24.0 Å². The van der Waals surface area contributed by atoms with Crippen molar-refractivity contribution in [2.45, 2.75) is 6.92 Å². The van der Waals surface area contributed by atoms with Gasteiger partial charge in [-0.25, -0.2) is 9.79 Å². The van der Waals surface area contributed by atoms with Crippen LogP contribution in [0.1, 0.15) is 18.1 Å². The van der Waals surface area contributed by atoms with E-state index in [4.69, 9.17) is 21.1 Å². The average molecular weight is 387 g/mol. The molecule has 0 aromatic heterocycles. The molecule has 27 heavy (non-hydrogen) atoms. The van der Waals surface area contributed by atoms with Gasteiger partial charge in [0.05, 0.1) is 4.92 Å². The zero-order valence-corrected chi connectivity index (χ0v) is 14.6. The van der Waals surface area contributed by atoms with E-state index in [1.165, 1.54) is 31.2 Å². The third-order valence-electron chi connectivity index (χ3n) is 3.43. The Morgan fingerprint density at radius 1 is 1.30 bits per heavy atom. The summed E-state index contributed by atoms with van der Waals surface area (Å²) in [6, 6.07) is 10.5. The quantitative estimate of drug-likeness (QED) is 0.261. The first-order chi connectivity index (χ1) is 12.8. The molecule has 1 aliphatic heterocycles. The highest BCUT2D eigenvalue weighted by Gasteiger charge is 2.26. The molecule has 9 heteroatoms. The fourth-order valence-electron chi connectivity index (χ4n) is 2.31. The molecule has 0 amide bonds. The van der Waals surface area contributed by atoms with Gasteiger partial charge in [0, 0.05) is 18.6 Å². The number of hydrogen-bond acceptors (Lipinski definition) is 7. The van der Waals surface area contributed by atoms with Gasteiger partial charge < -0.3 is 9.47 Å². The Bertz CT molecular complexity index is 1030. The molecule has 2 aromatic rings. The molecule has 0 saturated carbocycles. The minimum atomic E-state index is -0.708. The lowest BCUT2D eigenvalue weighted by Gasteiger charge is -2.01. The number of esters is 2. The number of nitro groups is 1. The summed E-state index contributed by atoms with van der Waals surface area (Å²) in [4.78, 5) is 37.5. The molecule has 0 fully saturated rings. The fourth-order valence-corrected chi connectivity index (χ4v) is 2.50. The summed E-state index contributed by atoms with van der Waals surface area (Å²) < 4.78 is 10.1. The first kappa shape index (κ1) is 18.3. The zero-order valence-electron chi connectivity index (χ0n) is 13.8. The third kappa shape index (κ3) is 4.18. The minimum Gasteiger partial charge on any atom is -0.427 e. The standard InChI is InChI=1S/C18H11ClN2O6/c1-10(22)26-13-4-2-3-11(7-13)8-15-18(23)27-17(20-15)12-5-6-14(19)16(9-12)21(24)25/h2-9H,1H3/b15-8-. The fraction of sp³-hybridized carbons (Fsp3) is 0.0556. The smallest absolute Gasteiger partial charge is 0.363 e. The van der Waals surface area contributed by atoms with E-state index in [9.17, 15) is 19.7 Å². The van der Waals surface area contributed by atoms with Crippen molar-refractivity contribution in [2.75, 3.05) is 0 Å². The monoisotopic (exact) mass is 386 g/mol. The van der Waals surface area contributed by atoms with Crippen LogP contribution in [0.15, 0.2) is 53.2 Å². The van der Waals surface area contributed by atoms with E-state index >= 15 is 0 Å². The van der Waals surface area contributed by atoms with Crippen molar-refractivity contribution in [3.05, 3.63) is 74.4 Å². The van der Waals surface area contributed by atoms with Gasteiger partial charge in [-0.3, -0.25) is 14.9 Å². The highest BCUT2D eigenvalue weighted by Crippen LogP contribution is 2.28.